The second-order valence-corrected chi connectivity index (χ2v) is 5.41. The van der Waals surface area contributed by atoms with Crippen molar-refractivity contribution < 1.29 is 19.5 Å². The summed E-state index contributed by atoms with van der Waals surface area (Å²) >= 11 is 0. The number of hydrogen-bond acceptors (Lipinski definition) is 3. The number of aromatic nitrogens is 1. The van der Waals surface area contributed by atoms with Crippen LogP contribution in [0.15, 0.2) is 0 Å². The van der Waals surface area contributed by atoms with E-state index in [4.69, 9.17) is 10.8 Å². The van der Waals surface area contributed by atoms with Crippen molar-refractivity contribution in [2.45, 2.75) is 39.7 Å². The third-order valence-corrected chi connectivity index (χ3v) is 2.95. The van der Waals surface area contributed by atoms with Gasteiger partial charge >= 0.3 is 5.97 Å². The molecule has 110 valence electrons. The van der Waals surface area contributed by atoms with E-state index in [1.54, 1.807) is 27.7 Å². The monoisotopic (exact) mass is 281 g/mol. The Morgan fingerprint density at radius 2 is 1.85 bits per heavy atom. The number of aryl methyl sites for hydroxylation is 1. The first-order valence-corrected chi connectivity index (χ1v) is 6.08. The Bertz CT molecular complexity index is 572. The maximum atomic E-state index is 12.2. The Labute approximate surface area is 116 Å². The predicted octanol–water partition coefficient (Wildman–Crippen LogP) is 0.714. The molecule has 7 nitrogen and oxygen atoms in total. The first-order valence-electron chi connectivity index (χ1n) is 6.08. The molecule has 0 aliphatic carbocycles. The largest absolute Gasteiger partial charge is 0.477 e. The van der Waals surface area contributed by atoms with E-state index < -0.39 is 23.3 Å². The summed E-state index contributed by atoms with van der Waals surface area (Å²) in [5, 5.41) is 11.7. The topological polar surface area (TPSA) is 125 Å². The second-order valence-electron chi connectivity index (χ2n) is 5.41. The Hall–Kier alpha value is -2.31. The van der Waals surface area contributed by atoms with Crippen LogP contribution in [0, 0.1) is 13.8 Å². The summed E-state index contributed by atoms with van der Waals surface area (Å²) in [6, 6.07) is 0. The zero-order valence-corrected chi connectivity index (χ0v) is 12.0. The Kier molecular flexibility index (Phi) is 4.22. The summed E-state index contributed by atoms with van der Waals surface area (Å²) < 4.78 is 0. The van der Waals surface area contributed by atoms with E-state index in [1.165, 1.54) is 0 Å². The molecule has 0 radical (unpaired) electrons. The van der Waals surface area contributed by atoms with Gasteiger partial charge in [0.15, 0.2) is 0 Å². The fourth-order valence-electron chi connectivity index (χ4n) is 2.15. The molecule has 2 amide bonds. The number of primary amides is 1. The number of aromatic amines is 1. The third kappa shape index (κ3) is 3.37. The normalized spacial score (nSPS) is 11.2. The van der Waals surface area contributed by atoms with Gasteiger partial charge in [-0.05, 0) is 33.3 Å². The standard InChI is InChI=1S/C13H19N3O4/c1-6-9(7(2)15-10(6)12(19)20)11(18)16-13(3,4)5-8(14)17/h15H,5H2,1-4H3,(H2,14,17)(H,16,18)(H,19,20). The molecule has 0 saturated carbocycles. The average Bonchev–Trinajstić information content (AvgIpc) is 2.51. The fourth-order valence-corrected chi connectivity index (χ4v) is 2.15. The first kappa shape index (κ1) is 15.7. The molecule has 0 aliphatic rings. The average molecular weight is 281 g/mol. The minimum absolute atomic E-state index is 0.00690. The number of carboxylic acid groups (broad SMARTS) is 1. The molecule has 0 bridgehead atoms. The molecule has 0 atom stereocenters. The number of carboxylic acids is 1. The van der Waals surface area contributed by atoms with Crippen LogP contribution in [0.1, 0.15) is 52.4 Å². The van der Waals surface area contributed by atoms with Gasteiger partial charge in [-0.3, -0.25) is 9.59 Å². The lowest BCUT2D eigenvalue weighted by atomic mass is 9.99. The van der Waals surface area contributed by atoms with Crippen molar-refractivity contribution in [2.24, 2.45) is 5.73 Å². The highest BCUT2D eigenvalue weighted by atomic mass is 16.4. The molecule has 7 heteroatoms. The number of amides is 2. The number of nitrogens with one attached hydrogen (secondary N) is 2. The maximum Gasteiger partial charge on any atom is 0.352 e. The molecule has 5 N–H and O–H groups in total. The van der Waals surface area contributed by atoms with Crippen molar-refractivity contribution in [1.29, 1.82) is 0 Å². The van der Waals surface area contributed by atoms with Gasteiger partial charge in [-0.1, -0.05) is 0 Å². The molecule has 0 fully saturated rings. The SMILES string of the molecule is Cc1[nH]c(C(=O)O)c(C)c1C(=O)NC(C)(C)CC(N)=O. The van der Waals surface area contributed by atoms with Crippen LogP contribution in [0.25, 0.3) is 0 Å². The van der Waals surface area contributed by atoms with Gasteiger partial charge < -0.3 is 21.1 Å². The molecule has 1 rings (SSSR count). The van der Waals surface area contributed by atoms with E-state index in [1.807, 2.05) is 0 Å². The Morgan fingerprint density at radius 3 is 2.25 bits per heavy atom. The summed E-state index contributed by atoms with van der Waals surface area (Å²) in [5.41, 5.74) is 5.41. The summed E-state index contributed by atoms with van der Waals surface area (Å²) in [4.78, 5) is 36.9. The number of aromatic carboxylic acids is 1. The predicted molar refractivity (Wildman–Crippen MR) is 72.6 cm³/mol. The van der Waals surface area contributed by atoms with E-state index in [0.29, 0.717) is 11.3 Å². The van der Waals surface area contributed by atoms with Crippen LogP contribution in [0.4, 0.5) is 0 Å². The van der Waals surface area contributed by atoms with Crippen molar-refractivity contribution in [3.8, 4) is 0 Å². The number of carbonyl (C=O) groups excluding carboxylic acids is 2. The van der Waals surface area contributed by atoms with Crippen LogP contribution in [0.2, 0.25) is 0 Å². The van der Waals surface area contributed by atoms with Gasteiger partial charge in [0.25, 0.3) is 5.91 Å². The Balaban J connectivity index is 3.05. The quantitative estimate of drug-likeness (QED) is 0.634. The molecule has 0 unspecified atom stereocenters. The highest BCUT2D eigenvalue weighted by Gasteiger charge is 2.27. The van der Waals surface area contributed by atoms with Crippen molar-refractivity contribution in [3.63, 3.8) is 0 Å². The first-order chi connectivity index (χ1) is 9.05. The molecule has 0 saturated heterocycles. The van der Waals surface area contributed by atoms with Gasteiger partial charge in [0.05, 0.1) is 5.56 Å². The van der Waals surface area contributed by atoms with Crippen molar-refractivity contribution in [1.82, 2.24) is 10.3 Å². The van der Waals surface area contributed by atoms with Crippen molar-refractivity contribution >= 4 is 17.8 Å². The maximum absolute atomic E-state index is 12.2. The molecule has 0 aliphatic heterocycles. The van der Waals surface area contributed by atoms with Gasteiger partial charge in [0.1, 0.15) is 5.69 Å². The highest BCUT2D eigenvalue weighted by Crippen LogP contribution is 2.19. The molecule has 1 aromatic heterocycles. The summed E-state index contributed by atoms with van der Waals surface area (Å²) in [6.07, 6.45) is -0.00690. The molecule has 1 heterocycles. The molecule has 0 spiro atoms. The van der Waals surface area contributed by atoms with Crippen LogP contribution < -0.4 is 11.1 Å². The molecule has 20 heavy (non-hydrogen) atoms. The van der Waals surface area contributed by atoms with Gasteiger partial charge in [-0.15, -0.1) is 0 Å². The smallest absolute Gasteiger partial charge is 0.352 e. The number of rotatable bonds is 5. The van der Waals surface area contributed by atoms with E-state index in [0.717, 1.165) is 0 Å². The lowest BCUT2D eigenvalue weighted by molar-refractivity contribution is -0.119. The van der Waals surface area contributed by atoms with E-state index in [9.17, 15) is 14.4 Å². The van der Waals surface area contributed by atoms with E-state index in [2.05, 4.69) is 10.3 Å². The minimum atomic E-state index is -1.12. The van der Waals surface area contributed by atoms with Crippen LogP contribution in [-0.4, -0.2) is 33.4 Å². The number of H-pyrrole nitrogens is 1. The van der Waals surface area contributed by atoms with Crippen molar-refractivity contribution in [2.75, 3.05) is 0 Å². The molecule has 1 aromatic rings. The summed E-state index contributed by atoms with van der Waals surface area (Å²) in [6.45, 7) is 6.52. The van der Waals surface area contributed by atoms with Gasteiger partial charge in [0.2, 0.25) is 5.91 Å². The second kappa shape index (κ2) is 5.36. The van der Waals surface area contributed by atoms with Gasteiger partial charge in [-0.2, -0.15) is 0 Å². The molecule has 0 aromatic carbocycles. The van der Waals surface area contributed by atoms with Crippen LogP contribution >= 0.6 is 0 Å². The summed E-state index contributed by atoms with van der Waals surface area (Å²) in [7, 11) is 0. The van der Waals surface area contributed by atoms with Gasteiger partial charge in [-0.25, -0.2) is 4.79 Å². The number of nitrogens with two attached hydrogens (primary N) is 1. The van der Waals surface area contributed by atoms with E-state index in [-0.39, 0.29) is 17.7 Å². The zero-order valence-electron chi connectivity index (χ0n) is 12.0. The summed E-state index contributed by atoms with van der Waals surface area (Å²) in [5.74, 6) is -2.08. The zero-order chi connectivity index (χ0) is 15.7. The number of hydrogen-bond donors (Lipinski definition) is 4. The highest BCUT2D eigenvalue weighted by molar-refractivity contribution is 6.01. The lowest BCUT2D eigenvalue weighted by Gasteiger charge is -2.24. The lowest BCUT2D eigenvalue weighted by Crippen LogP contribution is -2.46. The Morgan fingerprint density at radius 1 is 1.30 bits per heavy atom. The fraction of sp³-hybridized carbons (Fsp3) is 0.462. The number of carbonyl (C=O) groups is 3. The van der Waals surface area contributed by atoms with Crippen LogP contribution in [-0.2, 0) is 4.79 Å². The molecular formula is C13H19N3O4. The molecular weight excluding hydrogens is 262 g/mol. The van der Waals surface area contributed by atoms with Crippen molar-refractivity contribution in [3.05, 3.63) is 22.5 Å². The van der Waals surface area contributed by atoms with Crippen LogP contribution in [0.5, 0.6) is 0 Å². The van der Waals surface area contributed by atoms with E-state index >= 15 is 0 Å². The third-order valence-electron chi connectivity index (χ3n) is 2.95. The van der Waals surface area contributed by atoms with Gasteiger partial charge in [0, 0.05) is 17.7 Å². The minimum Gasteiger partial charge on any atom is -0.477 e. The van der Waals surface area contributed by atoms with Crippen LogP contribution in [0.3, 0.4) is 0 Å².